The fourth-order valence-electron chi connectivity index (χ4n) is 2.98. The van der Waals surface area contributed by atoms with E-state index in [1.54, 1.807) is 18.4 Å². The van der Waals surface area contributed by atoms with Gasteiger partial charge < -0.3 is 9.72 Å². The Hall–Kier alpha value is -2.59. The van der Waals surface area contributed by atoms with Crippen molar-refractivity contribution >= 4 is 22.2 Å². The molecule has 0 aliphatic rings. The first kappa shape index (κ1) is 15.0. The zero-order chi connectivity index (χ0) is 16.5. The summed E-state index contributed by atoms with van der Waals surface area (Å²) in [6.45, 7) is 2.13. The number of nitrogens with zero attached hydrogens (tertiary/aromatic N) is 1. The number of para-hydroxylation sites is 1. The van der Waals surface area contributed by atoms with Gasteiger partial charge in [0.25, 0.3) is 0 Å². The molecule has 0 aliphatic heterocycles. The van der Waals surface area contributed by atoms with Crippen molar-refractivity contribution in [3.8, 4) is 17.0 Å². The third-order valence-corrected chi connectivity index (χ3v) is 5.19. The summed E-state index contributed by atoms with van der Waals surface area (Å²) in [4.78, 5) is 9.46. The van der Waals surface area contributed by atoms with Gasteiger partial charge in [0.15, 0.2) is 0 Å². The third-order valence-electron chi connectivity index (χ3n) is 4.22. The number of aromatic nitrogens is 2. The van der Waals surface area contributed by atoms with Crippen LogP contribution in [0.15, 0.2) is 54.7 Å². The molecule has 0 spiro atoms. The average molecular weight is 334 g/mol. The Morgan fingerprint density at radius 1 is 1.08 bits per heavy atom. The molecule has 0 bridgehead atoms. The maximum Gasteiger partial charge on any atom is 0.118 e. The van der Waals surface area contributed by atoms with Crippen molar-refractivity contribution < 1.29 is 4.74 Å². The number of aromatic amines is 1. The van der Waals surface area contributed by atoms with Gasteiger partial charge in [-0.05, 0) is 42.8 Å². The maximum absolute atomic E-state index is 5.23. The van der Waals surface area contributed by atoms with E-state index in [9.17, 15) is 0 Å². The van der Waals surface area contributed by atoms with Gasteiger partial charge in [0.1, 0.15) is 5.75 Å². The van der Waals surface area contributed by atoms with E-state index in [0.29, 0.717) is 0 Å². The molecule has 2 aromatic carbocycles. The molecule has 0 fully saturated rings. The highest BCUT2D eigenvalue weighted by molar-refractivity contribution is 7.12. The van der Waals surface area contributed by atoms with Gasteiger partial charge in [-0.1, -0.05) is 18.2 Å². The van der Waals surface area contributed by atoms with E-state index >= 15 is 0 Å². The SMILES string of the molecule is COc1ccc(-c2nc(Cc3c[nH]c4ccccc34)sc2C)cc1. The van der Waals surface area contributed by atoms with E-state index in [1.807, 2.05) is 12.1 Å². The zero-order valence-electron chi connectivity index (χ0n) is 13.7. The Labute approximate surface area is 145 Å². The van der Waals surface area contributed by atoms with Crippen molar-refractivity contribution in [1.29, 1.82) is 0 Å². The van der Waals surface area contributed by atoms with Crippen molar-refractivity contribution in [2.24, 2.45) is 0 Å². The van der Waals surface area contributed by atoms with Gasteiger partial charge in [-0.3, -0.25) is 0 Å². The molecule has 2 aromatic heterocycles. The molecule has 0 amide bonds. The molecule has 120 valence electrons. The molecule has 4 aromatic rings. The number of benzene rings is 2. The summed E-state index contributed by atoms with van der Waals surface area (Å²) < 4.78 is 5.23. The number of aryl methyl sites for hydroxylation is 1. The summed E-state index contributed by atoms with van der Waals surface area (Å²) >= 11 is 1.77. The van der Waals surface area contributed by atoms with Gasteiger partial charge in [0.05, 0.1) is 17.8 Å². The predicted octanol–water partition coefficient (Wildman–Crippen LogP) is 5.20. The van der Waals surface area contributed by atoms with Crippen LogP contribution < -0.4 is 4.74 Å². The molecule has 3 nitrogen and oxygen atoms in total. The quantitative estimate of drug-likeness (QED) is 0.557. The molecule has 4 rings (SSSR count). The summed E-state index contributed by atoms with van der Waals surface area (Å²) in [6, 6.07) is 16.5. The molecule has 1 N–H and O–H groups in total. The Morgan fingerprint density at radius 3 is 2.67 bits per heavy atom. The molecule has 0 atom stereocenters. The zero-order valence-corrected chi connectivity index (χ0v) is 14.5. The van der Waals surface area contributed by atoms with Gasteiger partial charge >= 0.3 is 0 Å². The number of rotatable bonds is 4. The van der Waals surface area contributed by atoms with Crippen molar-refractivity contribution in [2.45, 2.75) is 13.3 Å². The molecule has 24 heavy (non-hydrogen) atoms. The van der Waals surface area contributed by atoms with E-state index in [4.69, 9.17) is 9.72 Å². The van der Waals surface area contributed by atoms with Crippen molar-refractivity contribution in [2.75, 3.05) is 7.11 Å². The number of ether oxygens (including phenoxy) is 1. The molecular formula is C20H18N2OS. The number of nitrogens with one attached hydrogen (secondary N) is 1. The monoisotopic (exact) mass is 334 g/mol. The highest BCUT2D eigenvalue weighted by atomic mass is 32.1. The number of methoxy groups -OCH3 is 1. The lowest BCUT2D eigenvalue weighted by molar-refractivity contribution is 0.415. The highest BCUT2D eigenvalue weighted by Crippen LogP contribution is 2.31. The minimum atomic E-state index is 0.853. The van der Waals surface area contributed by atoms with Crippen LogP contribution in [0, 0.1) is 6.92 Å². The van der Waals surface area contributed by atoms with Crippen LogP contribution in [-0.4, -0.2) is 17.1 Å². The van der Waals surface area contributed by atoms with Crippen molar-refractivity contribution in [1.82, 2.24) is 9.97 Å². The van der Waals surface area contributed by atoms with E-state index in [-0.39, 0.29) is 0 Å². The molecule has 4 heteroatoms. The van der Waals surface area contributed by atoms with E-state index in [1.165, 1.54) is 21.3 Å². The summed E-state index contributed by atoms with van der Waals surface area (Å²) in [5.41, 5.74) is 4.67. The number of thiazole rings is 1. The van der Waals surface area contributed by atoms with Gasteiger partial charge in [-0.2, -0.15) is 0 Å². The Kier molecular flexibility index (Phi) is 3.82. The second kappa shape index (κ2) is 6.13. The van der Waals surface area contributed by atoms with Crippen molar-refractivity contribution in [3.63, 3.8) is 0 Å². The summed E-state index contributed by atoms with van der Waals surface area (Å²) in [5.74, 6) is 0.866. The largest absolute Gasteiger partial charge is 0.497 e. The van der Waals surface area contributed by atoms with Gasteiger partial charge in [-0.15, -0.1) is 11.3 Å². The Bertz CT molecular complexity index is 982. The minimum absolute atomic E-state index is 0.853. The molecular weight excluding hydrogens is 316 g/mol. The van der Waals surface area contributed by atoms with Crippen LogP contribution in [0.4, 0.5) is 0 Å². The normalized spacial score (nSPS) is 11.1. The standard InChI is InChI=1S/C20H18N2OS/c1-13-20(14-7-9-16(23-2)10-8-14)22-19(24-13)11-15-12-21-18-6-4-3-5-17(15)18/h3-10,12,21H,11H2,1-2H3. The average Bonchev–Trinajstić information content (AvgIpc) is 3.19. The third kappa shape index (κ3) is 2.69. The topological polar surface area (TPSA) is 37.9 Å². The second-order valence-corrected chi connectivity index (χ2v) is 7.06. The van der Waals surface area contributed by atoms with Gasteiger partial charge in [0, 0.05) is 34.0 Å². The molecule has 0 saturated carbocycles. The smallest absolute Gasteiger partial charge is 0.118 e. The van der Waals surface area contributed by atoms with Crippen LogP contribution in [0.1, 0.15) is 15.4 Å². The molecule has 0 radical (unpaired) electrons. The van der Waals surface area contributed by atoms with Crippen LogP contribution in [0.5, 0.6) is 5.75 Å². The second-order valence-electron chi connectivity index (χ2n) is 5.78. The number of H-pyrrole nitrogens is 1. The molecule has 2 heterocycles. The van der Waals surface area contributed by atoms with Crippen LogP contribution >= 0.6 is 11.3 Å². The van der Waals surface area contributed by atoms with Crippen LogP contribution in [0.25, 0.3) is 22.2 Å². The fraction of sp³-hybridized carbons (Fsp3) is 0.150. The molecule has 0 saturated heterocycles. The fourth-order valence-corrected chi connectivity index (χ4v) is 3.96. The highest BCUT2D eigenvalue weighted by Gasteiger charge is 2.12. The molecule has 0 unspecified atom stereocenters. The first-order chi connectivity index (χ1) is 11.7. The van der Waals surface area contributed by atoms with Crippen LogP contribution in [0.2, 0.25) is 0 Å². The van der Waals surface area contributed by atoms with Crippen LogP contribution in [-0.2, 0) is 6.42 Å². The van der Waals surface area contributed by atoms with E-state index in [0.717, 1.165) is 28.4 Å². The summed E-state index contributed by atoms with van der Waals surface area (Å²) in [6.07, 6.45) is 2.94. The lowest BCUT2D eigenvalue weighted by Crippen LogP contribution is -1.87. The van der Waals surface area contributed by atoms with Crippen LogP contribution in [0.3, 0.4) is 0 Å². The Morgan fingerprint density at radius 2 is 1.88 bits per heavy atom. The lowest BCUT2D eigenvalue weighted by Gasteiger charge is -2.01. The number of fused-ring (bicyclic) bond motifs is 1. The number of hydrogen-bond donors (Lipinski definition) is 1. The summed E-state index contributed by atoms with van der Waals surface area (Å²) in [7, 11) is 1.68. The Balaban J connectivity index is 1.65. The maximum atomic E-state index is 5.23. The summed E-state index contributed by atoms with van der Waals surface area (Å²) in [5, 5.41) is 2.42. The molecule has 0 aliphatic carbocycles. The minimum Gasteiger partial charge on any atom is -0.497 e. The van der Waals surface area contributed by atoms with E-state index < -0.39 is 0 Å². The van der Waals surface area contributed by atoms with Gasteiger partial charge in [0.2, 0.25) is 0 Å². The predicted molar refractivity (Wildman–Crippen MR) is 99.9 cm³/mol. The van der Waals surface area contributed by atoms with Gasteiger partial charge in [-0.25, -0.2) is 4.98 Å². The van der Waals surface area contributed by atoms with E-state index in [2.05, 4.69) is 54.5 Å². The first-order valence-electron chi connectivity index (χ1n) is 7.90. The number of hydrogen-bond acceptors (Lipinski definition) is 3. The lowest BCUT2D eigenvalue weighted by atomic mass is 10.1. The first-order valence-corrected chi connectivity index (χ1v) is 8.72. The van der Waals surface area contributed by atoms with Crippen molar-refractivity contribution in [3.05, 3.63) is 70.2 Å².